The predicted octanol–water partition coefficient (Wildman–Crippen LogP) is 2.72. The molecule has 1 aromatic heterocycles. The summed E-state index contributed by atoms with van der Waals surface area (Å²) in [6.07, 6.45) is 0. The Morgan fingerprint density at radius 3 is 2.33 bits per heavy atom. The minimum Gasteiger partial charge on any atom is -0.346 e. The van der Waals surface area contributed by atoms with Gasteiger partial charge in [-0.05, 0) is 73.6 Å². The van der Waals surface area contributed by atoms with E-state index in [-0.39, 0.29) is 6.04 Å². The molecule has 2 amide bonds. The van der Waals surface area contributed by atoms with Crippen LogP contribution in [0.3, 0.4) is 0 Å². The molecule has 2 N–H and O–H groups in total. The summed E-state index contributed by atoms with van der Waals surface area (Å²) in [6.45, 7) is 4.28. The largest absolute Gasteiger partial charge is 0.346 e. The van der Waals surface area contributed by atoms with Crippen LogP contribution in [0.4, 0.5) is 5.69 Å². The molecule has 2 rings (SSSR count). The second-order valence-electron chi connectivity index (χ2n) is 6.08. The number of thiophene rings is 1. The lowest BCUT2D eigenvalue weighted by Crippen LogP contribution is -2.40. The van der Waals surface area contributed by atoms with Crippen molar-refractivity contribution in [1.82, 2.24) is 10.2 Å². The highest BCUT2D eigenvalue weighted by Gasteiger charge is 2.19. The molecule has 1 aromatic carbocycles. The van der Waals surface area contributed by atoms with Crippen molar-refractivity contribution >= 4 is 28.8 Å². The Bertz CT molecular complexity index is 691. The maximum Gasteiger partial charge on any atom is 0.313 e. The van der Waals surface area contributed by atoms with Crippen LogP contribution >= 0.6 is 11.3 Å². The third kappa shape index (κ3) is 4.91. The molecule has 24 heavy (non-hydrogen) atoms. The molecule has 6 heteroatoms. The van der Waals surface area contributed by atoms with Gasteiger partial charge in [0.2, 0.25) is 0 Å². The average molecular weight is 345 g/mol. The minimum atomic E-state index is -0.650. The van der Waals surface area contributed by atoms with E-state index in [0.29, 0.717) is 12.2 Å². The monoisotopic (exact) mass is 345 g/mol. The fourth-order valence-electron chi connectivity index (χ4n) is 2.57. The molecule has 0 aliphatic carbocycles. The summed E-state index contributed by atoms with van der Waals surface area (Å²) in [4.78, 5) is 26.2. The first-order chi connectivity index (χ1) is 11.4. The van der Waals surface area contributed by atoms with Crippen LogP contribution in [-0.4, -0.2) is 37.4 Å². The van der Waals surface area contributed by atoms with Crippen molar-refractivity contribution in [3.05, 3.63) is 51.7 Å². The molecule has 0 saturated carbocycles. The molecule has 0 fully saturated rings. The van der Waals surface area contributed by atoms with Crippen LogP contribution in [0.2, 0.25) is 0 Å². The minimum absolute atomic E-state index is 0.0363. The second-order valence-corrected chi connectivity index (χ2v) is 6.86. The Balaban J connectivity index is 1.94. The Hall–Kier alpha value is -2.18. The summed E-state index contributed by atoms with van der Waals surface area (Å²) in [5.41, 5.74) is 3.83. The molecule has 128 valence electrons. The van der Waals surface area contributed by atoms with Crippen LogP contribution in [-0.2, 0) is 9.59 Å². The standard InChI is InChI=1S/C18H23N3O2S/c1-12-7-13(2)9-15(8-12)20-18(23)17(22)19-10-16(21(3)4)14-5-6-24-11-14/h5-9,11,16H,10H2,1-4H3,(H,19,22)(H,20,23). The van der Waals surface area contributed by atoms with Gasteiger partial charge >= 0.3 is 11.8 Å². The lowest BCUT2D eigenvalue weighted by atomic mass is 10.1. The van der Waals surface area contributed by atoms with E-state index in [2.05, 4.69) is 10.6 Å². The van der Waals surface area contributed by atoms with Gasteiger partial charge in [-0.2, -0.15) is 11.3 Å². The number of carbonyl (C=O) groups excluding carboxylic acids is 2. The van der Waals surface area contributed by atoms with Gasteiger partial charge in [-0.1, -0.05) is 6.07 Å². The quantitative estimate of drug-likeness (QED) is 0.819. The number of amides is 2. The van der Waals surface area contributed by atoms with Crippen molar-refractivity contribution in [2.45, 2.75) is 19.9 Å². The van der Waals surface area contributed by atoms with Crippen LogP contribution in [0.15, 0.2) is 35.0 Å². The fourth-order valence-corrected chi connectivity index (χ4v) is 3.27. The number of nitrogens with zero attached hydrogens (tertiary/aromatic N) is 1. The Labute approximate surface area is 146 Å². The normalized spacial score (nSPS) is 12.0. The van der Waals surface area contributed by atoms with E-state index in [4.69, 9.17) is 0 Å². The molecule has 0 aliphatic rings. The van der Waals surface area contributed by atoms with E-state index in [1.807, 2.05) is 67.9 Å². The summed E-state index contributed by atoms with van der Waals surface area (Å²) < 4.78 is 0. The average Bonchev–Trinajstić information content (AvgIpc) is 2.99. The highest BCUT2D eigenvalue weighted by atomic mass is 32.1. The number of rotatable bonds is 5. The van der Waals surface area contributed by atoms with Gasteiger partial charge in [-0.15, -0.1) is 0 Å². The van der Waals surface area contributed by atoms with Crippen LogP contribution in [0, 0.1) is 13.8 Å². The van der Waals surface area contributed by atoms with Gasteiger partial charge in [0, 0.05) is 12.2 Å². The molecular formula is C18H23N3O2S. The van der Waals surface area contributed by atoms with E-state index in [0.717, 1.165) is 16.7 Å². The van der Waals surface area contributed by atoms with Crippen LogP contribution < -0.4 is 10.6 Å². The lowest BCUT2D eigenvalue weighted by Gasteiger charge is -2.23. The number of aryl methyl sites for hydroxylation is 2. The smallest absolute Gasteiger partial charge is 0.313 e. The predicted molar refractivity (Wildman–Crippen MR) is 98.3 cm³/mol. The zero-order chi connectivity index (χ0) is 17.7. The van der Waals surface area contributed by atoms with Crippen LogP contribution in [0.1, 0.15) is 22.7 Å². The number of hydrogen-bond acceptors (Lipinski definition) is 4. The first-order valence-electron chi connectivity index (χ1n) is 7.73. The number of anilines is 1. The number of carbonyl (C=O) groups is 2. The van der Waals surface area contributed by atoms with E-state index in [1.165, 1.54) is 0 Å². The molecule has 1 unspecified atom stereocenters. The number of nitrogens with one attached hydrogen (secondary N) is 2. The summed E-state index contributed by atoms with van der Waals surface area (Å²) in [6, 6.07) is 7.75. The molecule has 2 aromatic rings. The zero-order valence-corrected chi connectivity index (χ0v) is 15.2. The molecule has 0 aliphatic heterocycles. The lowest BCUT2D eigenvalue weighted by molar-refractivity contribution is -0.136. The molecule has 0 bridgehead atoms. The molecule has 1 atom stereocenters. The van der Waals surface area contributed by atoms with Gasteiger partial charge < -0.3 is 15.5 Å². The van der Waals surface area contributed by atoms with Gasteiger partial charge in [0.15, 0.2) is 0 Å². The SMILES string of the molecule is Cc1cc(C)cc(NC(=O)C(=O)NCC(c2ccsc2)N(C)C)c1. The first kappa shape index (κ1) is 18.2. The Morgan fingerprint density at radius 1 is 1.12 bits per heavy atom. The van der Waals surface area contributed by atoms with Crippen LogP contribution in [0.5, 0.6) is 0 Å². The maximum absolute atomic E-state index is 12.1. The van der Waals surface area contributed by atoms with Crippen molar-refractivity contribution in [2.75, 3.05) is 26.0 Å². The third-order valence-electron chi connectivity index (χ3n) is 3.69. The number of likely N-dealkylation sites (N-methyl/N-ethyl adjacent to an activating group) is 1. The Kier molecular flexibility index (Phi) is 6.11. The van der Waals surface area contributed by atoms with Crippen molar-refractivity contribution in [3.8, 4) is 0 Å². The highest BCUT2D eigenvalue weighted by Crippen LogP contribution is 2.20. The number of benzene rings is 1. The van der Waals surface area contributed by atoms with Crippen molar-refractivity contribution in [3.63, 3.8) is 0 Å². The molecular weight excluding hydrogens is 322 g/mol. The van der Waals surface area contributed by atoms with Gasteiger partial charge in [0.05, 0.1) is 6.04 Å². The maximum atomic E-state index is 12.1. The second kappa shape index (κ2) is 8.08. The summed E-state index contributed by atoms with van der Waals surface area (Å²) in [5, 5.41) is 9.41. The van der Waals surface area contributed by atoms with E-state index >= 15 is 0 Å². The molecule has 1 heterocycles. The van der Waals surface area contributed by atoms with Crippen molar-refractivity contribution in [2.24, 2.45) is 0 Å². The van der Waals surface area contributed by atoms with E-state index in [1.54, 1.807) is 11.3 Å². The van der Waals surface area contributed by atoms with Gasteiger partial charge in [-0.3, -0.25) is 9.59 Å². The Morgan fingerprint density at radius 2 is 1.79 bits per heavy atom. The van der Waals surface area contributed by atoms with Gasteiger partial charge in [0.25, 0.3) is 0 Å². The fraction of sp³-hybridized carbons (Fsp3) is 0.333. The summed E-state index contributed by atoms with van der Waals surface area (Å²) in [7, 11) is 3.90. The van der Waals surface area contributed by atoms with Crippen LogP contribution in [0.25, 0.3) is 0 Å². The number of hydrogen-bond donors (Lipinski definition) is 2. The van der Waals surface area contributed by atoms with Crippen molar-refractivity contribution < 1.29 is 9.59 Å². The highest BCUT2D eigenvalue weighted by molar-refractivity contribution is 7.07. The van der Waals surface area contributed by atoms with Gasteiger partial charge in [-0.25, -0.2) is 0 Å². The third-order valence-corrected chi connectivity index (χ3v) is 4.39. The van der Waals surface area contributed by atoms with Crippen molar-refractivity contribution in [1.29, 1.82) is 0 Å². The molecule has 0 radical (unpaired) electrons. The topological polar surface area (TPSA) is 61.4 Å². The zero-order valence-electron chi connectivity index (χ0n) is 14.4. The van der Waals surface area contributed by atoms with E-state index in [9.17, 15) is 9.59 Å². The van der Waals surface area contributed by atoms with Gasteiger partial charge in [0.1, 0.15) is 0 Å². The summed E-state index contributed by atoms with van der Waals surface area (Å²) >= 11 is 1.61. The molecule has 0 saturated heterocycles. The molecule has 5 nitrogen and oxygen atoms in total. The first-order valence-corrected chi connectivity index (χ1v) is 8.67. The van der Waals surface area contributed by atoms with E-state index < -0.39 is 11.8 Å². The summed E-state index contributed by atoms with van der Waals surface area (Å²) in [5.74, 6) is -1.28. The molecule has 0 spiro atoms.